The molecule has 1 aliphatic heterocycles. The van der Waals surface area contributed by atoms with Gasteiger partial charge in [-0.15, -0.1) is 0 Å². The highest BCUT2D eigenvalue weighted by Crippen LogP contribution is 2.24. The molecule has 4 nitrogen and oxygen atoms in total. The van der Waals surface area contributed by atoms with Crippen LogP contribution in [-0.4, -0.2) is 33.7 Å². The van der Waals surface area contributed by atoms with Crippen LogP contribution in [-0.2, 0) is 6.42 Å². The number of rotatable bonds is 4. The van der Waals surface area contributed by atoms with E-state index in [2.05, 4.69) is 34.1 Å². The van der Waals surface area contributed by atoms with Gasteiger partial charge in [-0.05, 0) is 18.6 Å². The van der Waals surface area contributed by atoms with Crippen LogP contribution in [0.15, 0.2) is 10.9 Å². The Labute approximate surface area is 94.2 Å². The van der Waals surface area contributed by atoms with Crippen LogP contribution in [0.3, 0.4) is 0 Å². The van der Waals surface area contributed by atoms with Gasteiger partial charge in [0, 0.05) is 24.3 Å². The van der Waals surface area contributed by atoms with Gasteiger partial charge in [0.25, 0.3) is 0 Å². The molecule has 2 unspecified atom stereocenters. The maximum Gasteiger partial charge on any atom is 0.227 e. The van der Waals surface area contributed by atoms with Crippen molar-refractivity contribution in [2.24, 2.45) is 0 Å². The standard InChI is InChI=1S/C10H17N3OS/c1-8-9(3-2-6-15-8)11-5-4-10-12-7-13-14-10/h7-9,11H,2-6H2,1H3. The fourth-order valence-corrected chi connectivity index (χ4v) is 3.03. The largest absolute Gasteiger partial charge is 0.340 e. The minimum Gasteiger partial charge on any atom is -0.340 e. The van der Waals surface area contributed by atoms with Crippen molar-refractivity contribution in [2.75, 3.05) is 12.3 Å². The molecular weight excluding hydrogens is 210 g/mol. The zero-order valence-corrected chi connectivity index (χ0v) is 9.80. The molecule has 0 bridgehead atoms. The van der Waals surface area contributed by atoms with E-state index in [0.29, 0.717) is 6.04 Å². The van der Waals surface area contributed by atoms with Crippen LogP contribution in [0.4, 0.5) is 0 Å². The average Bonchev–Trinajstić information content (AvgIpc) is 2.74. The van der Waals surface area contributed by atoms with Crippen molar-refractivity contribution in [3.63, 3.8) is 0 Å². The molecule has 2 atom stereocenters. The molecule has 1 fully saturated rings. The van der Waals surface area contributed by atoms with Crippen LogP contribution < -0.4 is 5.32 Å². The Bertz CT molecular complexity index is 278. The fourth-order valence-electron chi connectivity index (χ4n) is 1.86. The maximum atomic E-state index is 4.94. The summed E-state index contributed by atoms with van der Waals surface area (Å²) in [5, 5.41) is 7.87. The van der Waals surface area contributed by atoms with Crippen LogP contribution in [0, 0.1) is 0 Å². The molecule has 0 aliphatic carbocycles. The van der Waals surface area contributed by atoms with Gasteiger partial charge < -0.3 is 9.84 Å². The summed E-state index contributed by atoms with van der Waals surface area (Å²) in [6.07, 6.45) is 4.90. The Morgan fingerprint density at radius 1 is 1.67 bits per heavy atom. The minimum atomic E-state index is 0.645. The van der Waals surface area contributed by atoms with Crippen molar-refractivity contribution < 1.29 is 4.52 Å². The Kier molecular flexibility index (Phi) is 4.02. The Morgan fingerprint density at radius 2 is 2.60 bits per heavy atom. The van der Waals surface area contributed by atoms with Gasteiger partial charge in [0.15, 0.2) is 6.33 Å². The van der Waals surface area contributed by atoms with Crippen molar-refractivity contribution in [1.29, 1.82) is 0 Å². The first-order valence-corrected chi connectivity index (χ1v) is 6.51. The molecule has 1 N–H and O–H groups in total. The number of aromatic nitrogens is 2. The van der Waals surface area contributed by atoms with Gasteiger partial charge in [0.1, 0.15) is 0 Å². The molecule has 0 aromatic carbocycles. The number of thioether (sulfide) groups is 1. The van der Waals surface area contributed by atoms with Crippen molar-refractivity contribution >= 4 is 11.8 Å². The minimum absolute atomic E-state index is 0.645. The molecule has 2 heterocycles. The molecule has 1 saturated heterocycles. The quantitative estimate of drug-likeness (QED) is 0.844. The zero-order chi connectivity index (χ0) is 10.5. The Morgan fingerprint density at radius 3 is 3.33 bits per heavy atom. The van der Waals surface area contributed by atoms with Crippen molar-refractivity contribution in [3.8, 4) is 0 Å². The Balaban J connectivity index is 1.68. The highest BCUT2D eigenvalue weighted by atomic mass is 32.2. The summed E-state index contributed by atoms with van der Waals surface area (Å²) in [7, 11) is 0. The van der Waals surface area contributed by atoms with Crippen LogP contribution in [0.5, 0.6) is 0 Å². The van der Waals surface area contributed by atoms with Crippen molar-refractivity contribution in [3.05, 3.63) is 12.2 Å². The monoisotopic (exact) mass is 227 g/mol. The number of nitrogens with zero attached hydrogens (tertiary/aromatic N) is 2. The molecule has 0 radical (unpaired) electrons. The molecule has 2 rings (SSSR count). The van der Waals surface area contributed by atoms with E-state index in [1.165, 1.54) is 24.9 Å². The van der Waals surface area contributed by atoms with Crippen LogP contribution >= 0.6 is 11.8 Å². The van der Waals surface area contributed by atoms with Gasteiger partial charge in [-0.1, -0.05) is 12.1 Å². The predicted molar refractivity (Wildman–Crippen MR) is 60.9 cm³/mol. The van der Waals surface area contributed by atoms with Crippen molar-refractivity contribution in [1.82, 2.24) is 15.5 Å². The summed E-state index contributed by atoms with van der Waals surface area (Å²) in [5.74, 6) is 2.03. The first-order chi connectivity index (χ1) is 7.36. The number of hydrogen-bond acceptors (Lipinski definition) is 5. The first kappa shape index (κ1) is 11.0. The zero-order valence-electron chi connectivity index (χ0n) is 8.98. The maximum absolute atomic E-state index is 4.94. The van der Waals surface area contributed by atoms with E-state index in [0.717, 1.165) is 24.1 Å². The molecule has 0 saturated carbocycles. The summed E-state index contributed by atoms with van der Waals surface area (Å²) >= 11 is 2.06. The molecule has 1 aliphatic rings. The third kappa shape index (κ3) is 3.21. The third-order valence-electron chi connectivity index (χ3n) is 2.76. The van der Waals surface area contributed by atoms with Gasteiger partial charge >= 0.3 is 0 Å². The van der Waals surface area contributed by atoms with E-state index in [1.54, 1.807) is 0 Å². The molecule has 1 aromatic rings. The molecule has 5 heteroatoms. The lowest BCUT2D eigenvalue weighted by atomic mass is 10.1. The summed E-state index contributed by atoms with van der Waals surface area (Å²) in [5.41, 5.74) is 0. The molecule has 15 heavy (non-hydrogen) atoms. The number of hydrogen-bond donors (Lipinski definition) is 1. The second-order valence-electron chi connectivity index (χ2n) is 3.86. The van der Waals surface area contributed by atoms with Crippen LogP contribution in [0.25, 0.3) is 0 Å². The van der Waals surface area contributed by atoms with Crippen LogP contribution in [0.2, 0.25) is 0 Å². The lowest BCUT2D eigenvalue weighted by Crippen LogP contribution is -2.40. The molecule has 1 aromatic heterocycles. The molecule has 0 amide bonds. The predicted octanol–water partition coefficient (Wildman–Crippen LogP) is 1.49. The van der Waals surface area contributed by atoms with Crippen LogP contribution in [0.1, 0.15) is 25.7 Å². The first-order valence-electron chi connectivity index (χ1n) is 5.47. The topological polar surface area (TPSA) is 51.0 Å². The normalized spacial score (nSPS) is 26.7. The third-order valence-corrected chi connectivity index (χ3v) is 4.14. The Hall–Kier alpha value is -0.550. The van der Waals surface area contributed by atoms with Crippen molar-refractivity contribution in [2.45, 2.75) is 37.5 Å². The summed E-state index contributed by atoms with van der Waals surface area (Å²) in [6.45, 7) is 3.23. The highest BCUT2D eigenvalue weighted by Gasteiger charge is 2.20. The fraction of sp³-hybridized carbons (Fsp3) is 0.800. The second kappa shape index (κ2) is 5.51. The van der Waals surface area contributed by atoms with E-state index in [-0.39, 0.29) is 0 Å². The SMILES string of the molecule is CC1SCCCC1NCCc1ncno1. The molecule has 0 spiro atoms. The van der Waals surface area contributed by atoms with E-state index in [1.807, 2.05) is 0 Å². The van der Waals surface area contributed by atoms with Gasteiger partial charge in [0.2, 0.25) is 5.89 Å². The smallest absolute Gasteiger partial charge is 0.227 e. The molecular formula is C10H17N3OS. The van der Waals surface area contributed by atoms with E-state index >= 15 is 0 Å². The van der Waals surface area contributed by atoms with Gasteiger partial charge in [0.05, 0.1) is 0 Å². The average molecular weight is 227 g/mol. The van der Waals surface area contributed by atoms with Gasteiger partial charge in [-0.25, -0.2) is 0 Å². The second-order valence-corrected chi connectivity index (χ2v) is 5.35. The van der Waals surface area contributed by atoms with E-state index in [4.69, 9.17) is 4.52 Å². The highest BCUT2D eigenvalue weighted by molar-refractivity contribution is 7.99. The molecule has 84 valence electrons. The summed E-state index contributed by atoms with van der Waals surface area (Å²) in [6, 6.07) is 0.645. The van der Waals surface area contributed by atoms with E-state index in [9.17, 15) is 0 Å². The lowest BCUT2D eigenvalue weighted by molar-refractivity contribution is 0.368. The summed E-state index contributed by atoms with van der Waals surface area (Å²) < 4.78 is 4.94. The lowest BCUT2D eigenvalue weighted by Gasteiger charge is -2.29. The number of nitrogens with one attached hydrogen (secondary N) is 1. The van der Waals surface area contributed by atoms with Gasteiger partial charge in [-0.2, -0.15) is 16.7 Å². The van der Waals surface area contributed by atoms with E-state index < -0.39 is 0 Å². The van der Waals surface area contributed by atoms with Gasteiger partial charge in [-0.3, -0.25) is 0 Å². The summed E-state index contributed by atoms with van der Waals surface area (Å²) in [4.78, 5) is 3.99.